The van der Waals surface area contributed by atoms with Crippen molar-refractivity contribution >= 4 is 29.9 Å². The Bertz CT molecular complexity index is 1480. The highest BCUT2D eigenvalue weighted by molar-refractivity contribution is 7.98. The summed E-state index contributed by atoms with van der Waals surface area (Å²) in [4.78, 5) is 35.7. The maximum Gasteiger partial charge on any atom is 0.252 e. The van der Waals surface area contributed by atoms with Crippen molar-refractivity contribution in [2.24, 2.45) is 0 Å². The van der Waals surface area contributed by atoms with Gasteiger partial charge >= 0.3 is 0 Å². The number of hydrogen-bond donors (Lipinski definition) is 1. The molecule has 4 rings (SSSR count). The Hall–Kier alpha value is -4.14. The van der Waals surface area contributed by atoms with Crippen LogP contribution >= 0.6 is 11.8 Å². The Morgan fingerprint density at radius 1 is 1.00 bits per heavy atom. The summed E-state index contributed by atoms with van der Waals surface area (Å²) in [6, 6.07) is 22.9. The molecule has 0 bridgehead atoms. The van der Waals surface area contributed by atoms with Gasteiger partial charge in [-0.3, -0.25) is 9.59 Å². The predicted molar refractivity (Wildman–Crippen MR) is 154 cm³/mol. The van der Waals surface area contributed by atoms with Crippen LogP contribution in [-0.4, -0.2) is 36.2 Å². The van der Waals surface area contributed by atoms with E-state index in [0.717, 1.165) is 28.5 Å². The van der Waals surface area contributed by atoms with Gasteiger partial charge in [-0.1, -0.05) is 54.6 Å². The molecule has 0 fully saturated rings. The molecule has 1 atom stereocenters. The van der Waals surface area contributed by atoms with Crippen molar-refractivity contribution in [2.45, 2.75) is 32.6 Å². The van der Waals surface area contributed by atoms with Crippen molar-refractivity contribution in [1.29, 1.82) is 0 Å². The van der Waals surface area contributed by atoms with Crippen molar-refractivity contribution < 1.29 is 28.6 Å². The first-order valence-electron chi connectivity index (χ1n) is 12.8. The monoisotopic (exact) mass is 556 g/mol. The van der Waals surface area contributed by atoms with E-state index >= 15 is 0 Å². The summed E-state index contributed by atoms with van der Waals surface area (Å²) in [6.45, 7) is 2.49. The predicted octanol–water partition coefficient (Wildman–Crippen LogP) is 5.05. The van der Waals surface area contributed by atoms with E-state index in [1.165, 1.54) is 11.8 Å². The van der Waals surface area contributed by atoms with Crippen LogP contribution in [0.3, 0.4) is 0 Å². The first-order valence-corrected chi connectivity index (χ1v) is 14.2. The van der Waals surface area contributed by atoms with Crippen LogP contribution in [0.25, 0.3) is 22.5 Å². The molecule has 0 aliphatic carbocycles. The number of amides is 1. The second-order valence-electron chi connectivity index (χ2n) is 9.32. The lowest BCUT2D eigenvalue weighted by Gasteiger charge is -2.21. The van der Waals surface area contributed by atoms with E-state index in [1.54, 1.807) is 24.3 Å². The molecule has 0 aliphatic rings. The Morgan fingerprint density at radius 3 is 2.48 bits per heavy atom. The number of ether oxygens (including phenoxy) is 1. The maximum absolute atomic E-state index is 13.2. The summed E-state index contributed by atoms with van der Waals surface area (Å²) in [7, 11) is 0. The number of benzene rings is 3. The largest absolute Gasteiger partial charge is 0.548 e. The number of nitrogens with one attached hydrogen (secondary N) is 1. The molecule has 4 aromatic rings. The van der Waals surface area contributed by atoms with Crippen LogP contribution in [0.4, 0.5) is 0 Å². The smallest absolute Gasteiger partial charge is 0.252 e. The van der Waals surface area contributed by atoms with Crippen molar-refractivity contribution in [3.05, 3.63) is 107 Å². The van der Waals surface area contributed by atoms with Gasteiger partial charge in [0.2, 0.25) is 0 Å². The first-order chi connectivity index (χ1) is 19.4. The minimum absolute atomic E-state index is 0.247. The number of rotatable bonds is 13. The number of furan rings is 1. The Balaban J connectivity index is 1.49. The number of carboxylic acids is 1. The van der Waals surface area contributed by atoms with Crippen LogP contribution < -0.4 is 10.4 Å². The van der Waals surface area contributed by atoms with E-state index in [4.69, 9.17) is 9.15 Å². The third-order valence-corrected chi connectivity index (χ3v) is 7.11. The standard InChI is InChI=1S/C32H31NO6S/c1-21-5-3-4-6-26(21)28-17-23(9-13-27(28)31(35)33-29(32(36)37)15-16-40-2)19-38-20-25-12-14-30(39-25)24-10-7-22(18-34)8-11-24/h3-14,17-18,29H,15-16,19-20H2,1-2H3,(H,33,35)(H,36,37)/p-1/t29-/m0/s1. The minimum atomic E-state index is -1.30. The Morgan fingerprint density at radius 2 is 1.77 bits per heavy atom. The molecule has 1 amide bonds. The summed E-state index contributed by atoms with van der Waals surface area (Å²) in [5.74, 6) is 0.154. The lowest BCUT2D eigenvalue weighted by molar-refractivity contribution is -0.308. The normalized spacial score (nSPS) is 11.7. The van der Waals surface area contributed by atoms with Gasteiger partial charge in [0.05, 0.1) is 18.6 Å². The third kappa shape index (κ3) is 7.28. The molecule has 0 saturated carbocycles. The van der Waals surface area contributed by atoms with Crippen molar-refractivity contribution in [3.8, 4) is 22.5 Å². The van der Waals surface area contributed by atoms with E-state index in [-0.39, 0.29) is 19.6 Å². The molecular formula is C32H30NO6S-. The van der Waals surface area contributed by atoms with Gasteiger partial charge in [-0.05, 0) is 71.9 Å². The average molecular weight is 557 g/mol. The van der Waals surface area contributed by atoms with Gasteiger partial charge in [0, 0.05) is 16.7 Å². The van der Waals surface area contributed by atoms with E-state index in [2.05, 4.69) is 5.32 Å². The topological polar surface area (TPSA) is 109 Å². The summed E-state index contributed by atoms with van der Waals surface area (Å²) >= 11 is 1.51. The number of aldehydes is 1. The molecule has 0 saturated heterocycles. The first kappa shape index (κ1) is 28.9. The third-order valence-electron chi connectivity index (χ3n) is 6.47. The van der Waals surface area contributed by atoms with Crippen molar-refractivity contribution in [3.63, 3.8) is 0 Å². The molecule has 0 unspecified atom stereocenters. The lowest BCUT2D eigenvalue weighted by atomic mass is 9.93. The second-order valence-corrected chi connectivity index (χ2v) is 10.3. The van der Waals surface area contributed by atoms with Gasteiger partial charge in [-0.2, -0.15) is 11.8 Å². The Labute approximate surface area is 237 Å². The van der Waals surface area contributed by atoms with Crippen LogP contribution in [0.1, 0.15) is 44.0 Å². The SMILES string of the molecule is CSCC[C@H](NC(=O)c1ccc(COCc2ccc(-c3ccc(C=O)cc3)o2)cc1-c1ccccc1C)C(=O)[O-]. The van der Waals surface area contributed by atoms with E-state index in [0.29, 0.717) is 34.0 Å². The highest BCUT2D eigenvalue weighted by Crippen LogP contribution is 2.29. The zero-order valence-electron chi connectivity index (χ0n) is 22.3. The van der Waals surface area contributed by atoms with E-state index < -0.39 is 17.9 Å². The van der Waals surface area contributed by atoms with Crippen molar-refractivity contribution in [1.82, 2.24) is 5.32 Å². The van der Waals surface area contributed by atoms with Gasteiger partial charge in [0.1, 0.15) is 24.4 Å². The van der Waals surface area contributed by atoms with Gasteiger partial charge in [0.25, 0.3) is 5.91 Å². The molecule has 3 aromatic carbocycles. The Kier molecular flexibility index (Phi) is 9.94. The molecule has 1 aromatic heterocycles. The van der Waals surface area contributed by atoms with Gasteiger partial charge in [-0.15, -0.1) is 0 Å². The van der Waals surface area contributed by atoms with Crippen LogP contribution in [-0.2, 0) is 22.7 Å². The zero-order chi connectivity index (χ0) is 28.5. The van der Waals surface area contributed by atoms with E-state index in [9.17, 15) is 19.5 Å². The van der Waals surface area contributed by atoms with Gasteiger partial charge in [0.15, 0.2) is 0 Å². The number of carboxylic acid groups (broad SMARTS) is 1. The van der Waals surface area contributed by atoms with Gasteiger partial charge < -0.3 is 24.4 Å². The fraction of sp³-hybridized carbons (Fsp3) is 0.219. The number of hydrogen-bond acceptors (Lipinski definition) is 7. The van der Waals surface area contributed by atoms with Crippen LogP contribution in [0.2, 0.25) is 0 Å². The quantitative estimate of drug-likeness (QED) is 0.230. The summed E-state index contributed by atoms with van der Waals surface area (Å²) in [6.07, 6.45) is 2.95. The number of carbonyl (C=O) groups excluding carboxylic acids is 3. The van der Waals surface area contributed by atoms with Crippen molar-refractivity contribution in [2.75, 3.05) is 12.0 Å². The number of aryl methyl sites for hydroxylation is 1. The fourth-order valence-corrected chi connectivity index (χ4v) is 4.78. The summed E-state index contributed by atoms with van der Waals surface area (Å²) in [5.41, 5.74) is 5.25. The average Bonchev–Trinajstić information content (AvgIpc) is 3.44. The highest BCUT2D eigenvalue weighted by atomic mass is 32.2. The zero-order valence-corrected chi connectivity index (χ0v) is 23.2. The summed E-state index contributed by atoms with van der Waals surface area (Å²) in [5, 5.41) is 14.2. The second kappa shape index (κ2) is 13.8. The molecule has 1 N–H and O–H groups in total. The minimum Gasteiger partial charge on any atom is -0.548 e. The highest BCUT2D eigenvalue weighted by Gasteiger charge is 2.19. The summed E-state index contributed by atoms with van der Waals surface area (Å²) < 4.78 is 11.8. The van der Waals surface area contributed by atoms with E-state index in [1.807, 2.05) is 67.8 Å². The van der Waals surface area contributed by atoms with Gasteiger partial charge in [-0.25, -0.2) is 0 Å². The van der Waals surface area contributed by atoms with Crippen LogP contribution in [0.5, 0.6) is 0 Å². The lowest BCUT2D eigenvalue weighted by Crippen LogP contribution is -2.48. The van der Waals surface area contributed by atoms with Crippen LogP contribution in [0.15, 0.2) is 83.3 Å². The molecular weight excluding hydrogens is 526 g/mol. The molecule has 206 valence electrons. The molecule has 0 radical (unpaired) electrons. The molecule has 1 heterocycles. The molecule has 7 nitrogen and oxygen atoms in total. The molecule has 8 heteroatoms. The van der Waals surface area contributed by atoms with Crippen LogP contribution in [0, 0.1) is 6.92 Å². The number of carbonyl (C=O) groups is 3. The maximum atomic E-state index is 13.2. The molecule has 40 heavy (non-hydrogen) atoms. The number of aliphatic carboxylic acids is 1. The molecule has 0 spiro atoms. The fourth-order valence-electron chi connectivity index (χ4n) is 4.30. The molecule has 0 aliphatic heterocycles. The number of thioether (sulfide) groups is 1.